The van der Waals surface area contributed by atoms with E-state index in [0.717, 1.165) is 11.8 Å². The molecule has 134 valence electrons. The molecule has 0 radical (unpaired) electrons. The van der Waals surface area contributed by atoms with Crippen molar-refractivity contribution in [3.05, 3.63) is 48.0 Å². The predicted molar refractivity (Wildman–Crippen MR) is 96.1 cm³/mol. The summed E-state index contributed by atoms with van der Waals surface area (Å²) in [6, 6.07) is 11.1. The minimum atomic E-state index is -3.77. The van der Waals surface area contributed by atoms with Crippen LogP contribution >= 0.6 is 0 Å². The number of ether oxygens (including phenoxy) is 1. The standard InChI is InChI=1S/C16H18N2O5S2/c1-12-4-3-5-14(10-12)25(21,22)17-13-6-7-16-15(11-13)18(8-9-23-16)24(2,19)20/h3-7,10-11,17H,8-9H2,1-2H3. The fraction of sp³-hybridized carbons (Fsp3) is 0.250. The second kappa shape index (κ2) is 6.23. The van der Waals surface area contributed by atoms with Gasteiger partial charge in [-0.25, -0.2) is 16.8 Å². The van der Waals surface area contributed by atoms with Crippen LogP contribution in [0.2, 0.25) is 0 Å². The SMILES string of the molecule is Cc1cccc(S(=O)(=O)Nc2ccc3c(c2)N(S(C)(=O)=O)CCO3)c1. The summed E-state index contributed by atoms with van der Waals surface area (Å²) in [7, 11) is -7.26. The zero-order chi connectivity index (χ0) is 18.2. The number of aryl methyl sites for hydroxylation is 1. The van der Waals surface area contributed by atoms with Gasteiger partial charge in [-0.2, -0.15) is 0 Å². The summed E-state index contributed by atoms with van der Waals surface area (Å²) in [6.07, 6.45) is 1.10. The molecule has 25 heavy (non-hydrogen) atoms. The van der Waals surface area contributed by atoms with Gasteiger partial charge >= 0.3 is 0 Å². The molecule has 2 aromatic carbocycles. The number of rotatable bonds is 4. The quantitative estimate of drug-likeness (QED) is 0.872. The lowest BCUT2D eigenvalue weighted by Crippen LogP contribution is -2.37. The van der Waals surface area contributed by atoms with Crippen LogP contribution in [0.15, 0.2) is 47.4 Å². The largest absolute Gasteiger partial charge is 0.489 e. The molecule has 1 aliphatic heterocycles. The molecule has 0 fully saturated rings. The zero-order valence-corrected chi connectivity index (χ0v) is 15.4. The molecule has 0 spiro atoms. The van der Waals surface area contributed by atoms with Crippen LogP contribution in [0, 0.1) is 6.92 Å². The summed E-state index contributed by atoms with van der Waals surface area (Å²) in [5.74, 6) is 0.398. The monoisotopic (exact) mass is 382 g/mol. The Bertz CT molecular complexity index is 1020. The molecule has 0 atom stereocenters. The van der Waals surface area contributed by atoms with Gasteiger partial charge in [-0.15, -0.1) is 0 Å². The third-order valence-electron chi connectivity index (χ3n) is 3.73. The molecule has 3 rings (SSSR count). The first-order valence-corrected chi connectivity index (χ1v) is 10.8. The molecule has 0 aliphatic carbocycles. The summed E-state index contributed by atoms with van der Waals surface area (Å²) >= 11 is 0. The van der Waals surface area contributed by atoms with E-state index in [4.69, 9.17) is 4.74 Å². The van der Waals surface area contributed by atoms with Gasteiger partial charge in [-0.05, 0) is 42.8 Å². The van der Waals surface area contributed by atoms with Crippen molar-refractivity contribution >= 4 is 31.4 Å². The second-order valence-corrected chi connectivity index (χ2v) is 9.38. The number of hydrogen-bond acceptors (Lipinski definition) is 5. The molecule has 1 heterocycles. The predicted octanol–water partition coefficient (Wildman–Crippen LogP) is 1.95. The molecule has 1 N–H and O–H groups in total. The highest BCUT2D eigenvalue weighted by Crippen LogP contribution is 2.36. The number of nitrogens with one attached hydrogen (secondary N) is 1. The van der Waals surface area contributed by atoms with E-state index in [1.807, 2.05) is 0 Å². The summed E-state index contributed by atoms with van der Waals surface area (Å²) < 4.78 is 58.1. The Balaban J connectivity index is 1.97. The first kappa shape index (κ1) is 17.6. The van der Waals surface area contributed by atoms with Crippen molar-refractivity contribution in [1.29, 1.82) is 0 Å². The van der Waals surface area contributed by atoms with E-state index in [0.29, 0.717) is 11.4 Å². The normalized spacial score (nSPS) is 14.6. The Hall–Kier alpha value is -2.26. The molecule has 0 saturated heterocycles. The minimum Gasteiger partial charge on any atom is -0.489 e. The average Bonchev–Trinajstić information content (AvgIpc) is 2.53. The Morgan fingerprint density at radius 3 is 2.52 bits per heavy atom. The van der Waals surface area contributed by atoms with E-state index < -0.39 is 20.0 Å². The van der Waals surface area contributed by atoms with Gasteiger partial charge in [-0.1, -0.05) is 12.1 Å². The first-order valence-electron chi connectivity index (χ1n) is 7.51. The van der Waals surface area contributed by atoms with Gasteiger partial charge in [0.05, 0.1) is 29.1 Å². The van der Waals surface area contributed by atoms with Crippen LogP contribution in [0.25, 0.3) is 0 Å². The lowest BCUT2D eigenvalue weighted by molar-refractivity contribution is 0.316. The number of nitrogens with zero attached hydrogens (tertiary/aromatic N) is 1. The fourth-order valence-corrected chi connectivity index (χ4v) is 4.66. The molecular formula is C16H18N2O5S2. The van der Waals surface area contributed by atoms with Gasteiger partial charge in [0.25, 0.3) is 10.0 Å². The van der Waals surface area contributed by atoms with Gasteiger partial charge in [0.1, 0.15) is 12.4 Å². The van der Waals surface area contributed by atoms with Gasteiger partial charge in [0.2, 0.25) is 10.0 Å². The van der Waals surface area contributed by atoms with Crippen LogP contribution in [-0.2, 0) is 20.0 Å². The number of anilines is 2. The van der Waals surface area contributed by atoms with Gasteiger partial charge in [0, 0.05) is 0 Å². The maximum absolute atomic E-state index is 12.5. The summed E-state index contributed by atoms with van der Waals surface area (Å²) in [5, 5.41) is 0. The van der Waals surface area contributed by atoms with Crippen LogP contribution in [0.3, 0.4) is 0 Å². The molecule has 0 amide bonds. The fourth-order valence-electron chi connectivity index (χ4n) is 2.60. The molecule has 9 heteroatoms. The molecule has 0 unspecified atom stereocenters. The van der Waals surface area contributed by atoms with Gasteiger partial charge < -0.3 is 4.74 Å². The summed E-state index contributed by atoms with van der Waals surface area (Å²) in [6.45, 7) is 2.23. The minimum absolute atomic E-state index is 0.140. The maximum Gasteiger partial charge on any atom is 0.261 e. The van der Waals surface area contributed by atoms with E-state index in [1.54, 1.807) is 31.2 Å². The molecule has 2 aromatic rings. The molecular weight excluding hydrogens is 364 g/mol. The summed E-state index contributed by atoms with van der Waals surface area (Å²) in [5.41, 5.74) is 1.41. The highest BCUT2D eigenvalue weighted by atomic mass is 32.2. The van der Waals surface area contributed by atoms with Crippen molar-refractivity contribution in [2.45, 2.75) is 11.8 Å². The highest BCUT2D eigenvalue weighted by Gasteiger charge is 2.26. The topological polar surface area (TPSA) is 92.8 Å². The van der Waals surface area contributed by atoms with Crippen LogP contribution in [0.4, 0.5) is 11.4 Å². The average molecular weight is 382 g/mol. The number of hydrogen-bond donors (Lipinski definition) is 1. The molecule has 1 aliphatic rings. The maximum atomic E-state index is 12.5. The van der Waals surface area contributed by atoms with Crippen molar-refractivity contribution in [2.75, 3.05) is 28.4 Å². The van der Waals surface area contributed by atoms with Crippen LogP contribution in [-0.4, -0.2) is 36.2 Å². The van der Waals surface area contributed by atoms with Crippen molar-refractivity contribution in [3.8, 4) is 5.75 Å². The first-order chi connectivity index (χ1) is 11.7. The van der Waals surface area contributed by atoms with E-state index in [9.17, 15) is 16.8 Å². The number of sulfonamides is 2. The second-order valence-electron chi connectivity index (χ2n) is 5.79. The lowest BCUT2D eigenvalue weighted by Gasteiger charge is -2.29. The smallest absolute Gasteiger partial charge is 0.261 e. The Morgan fingerprint density at radius 2 is 1.84 bits per heavy atom. The van der Waals surface area contributed by atoms with Crippen LogP contribution in [0.5, 0.6) is 5.75 Å². The van der Waals surface area contributed by atoms with E-state index >= 15 is 0 Å². The molecule has 0 aromatic heterocycles. The van der Waals surface area contributed by atoms with Crippen molar-refractivity contribution < 1.29 is 21.6 Å². The Labute approximate surface area is 147 Å². The lowest BCUT2D eigenvalue weighted by atomic mass is 10.2. The highest BCUT2D eigenvalue weighted by molar-refractivity contribution is 7.92. The van der Waals surface area contributed by atoms with Crippen molar-refractivity contribution in [1.82, 2.24) is 0 Å². The Morgan fingerprint density at radius 1 is 1.08 bits per heavy atom. The van der Waals surface area contributed by atoms with Crippen LogP contribution in [0.1, 0.15) is 5.56 Å². The zero-order valence-electron chi connectivity index (χ0n) is 13.8. The van der Waals surface area contributed by atoms with Crippen molar-refractivity contribution in [3.63, 3.8) is 0 Å². The van der Waals surface area contributed by atoms with Crippen molar-refractivity contribution in [2.24, 2.45) is 0 Å². The third kappa shape index (κ3) is 3.72. The molecule has 0 saturated carbocycles. The van der Waals surface area contributed by atoms with E-state index in [2.05, 4.69) is 4.72 Å². The van der Waals surface area contributed by atoms with E-state index in [-0.39, 0.29) is 23.7 Å². The summed E-state index contributed by atoms with van der Waals surface area (Å²) in [4.78, 5) is 0.140. The van der Waals surface area contributed by atoms with Crippen LogP contribution < -0.4 is 13.8 Å². The van der Waals surface area contributed by atoms with E-state index in [1.165, 1.54) is 22.5 Å². The Kier molecular flexibility index (Phi) is 4.38. The van der Waals surface area contributed by atoms with Gasteiger partial charge in [0.15, 0.2) is 0 Å². The molecule has 0 bridgehead atoms. The molecule has 7 nitrogen and oxygen atoms in total. The number of fused-ring (bicyclic) bond motifs is 1. The number of benzene rings is 2. The third-order valence-corrected chi connectivity index (χ3v) is 6.29. The van der Waals surface area contributed by atoms with Gasteiger partial charge in [-0.3, -0.25) is 9.03 Å².